The number of nitrogens with one attached hydrogen (secondary N) is 1. The van der Waals surface area contributed by atoms with Crippen molar-refractivity contribution >= 4 is 29.2 Å². The summed E-state index contributed by atoms with van der Waals surface area (Å²) in [6.45, 7) is 2.70. The first-order chi connectivity index (χ1) is 9.90. The fourth-order valence-electron chi connectivity index (χ4n) is 2.85. The summed E-state index contributed by atoms with van der Waals surface area (Å²) >= 11 is 12.1. The van der Waals surface area contributed by atoms with E-state index in [1.807, 2.05) is 19.1 Å². The lowest BCUT2D eigenvalue weighted by Gasteiger charge is -2.47. The van der Waals surface area contributed by atoms with Crippen LogP contribution in [-0.4, -0.2) is 34.7 Å². The van der Waals surface area contributed by atoms with Crippen molar-refractivity contribution in [1.82, 2.24) is 10.2 Å². The number of hydrogen-bond donors (Lipinski definition) is 2. The summed E-state index contributed by atoms with van der Waals surface area (Å²) in [4.78, 5) is 13.8. The highest BCUT2D eigenvalue weighted by atomic mass is 35.5. The van der Waals surface area contributed by atoms with Crippen LogP contribution in [0.1, 0.15) is 31.4 Å². The van der Waals surface area contributed by atoms with Gasteiger partial charge in [-0.3, -0.25) is 0 Å². The second kappa shape index (κ2) is 5.34. The van der Waals surface area contributed by atoms with Gasteiger partial charge in [-0.2, -0.15) is 0 Å². The van der Waals surface area contributed by atoms with E-state index < -0.39 is 5.60 Å². The predicted octanol–water partition coefficient (Wildman–Crippen LogP) is 3.22. The Labute approximate surface area is 134 Å². The molecule has 1 saturated carbocycles. The number of halogens is 2. The summed E-state index contributed by atoms with van der Waals surface area (Å²) in [6, 6.07) is 4.95. The first kappa shape index (κ1) is 14.9. The Balaban J connectivity index is 1.59. The highest BCUT2D eigenvalue weighted by Crippen LogP contribution is 2.44. The number of β-amino-alcohol motifs (C(OH)–C–C–N with tert-alkyl or cyclic N) is 1. The van der Waals surface area contributed by atoms with Crippen LogP contribution in [0.25, 0.3) is 0 Å². The quantitative estimate of drug-likeness (QED) is 0.895. The van der Waals surface area contributed by atoms with Gasteiger partial charge >= 0.3 is 6.03 Å². The fraction of sp³-hybridized carbons (Fsp3) is 0.533. The van der Waals surface area contributed by atoms with E-state index in [0.29, 0.717) is 29.1 Å². The molecule has 4 nitrogen and oxygen atoms in total. The van der Waals surface area contributed by atoms with E-state index >= 15 is 0 Å². The van der Waals surface area contributed by atoms with E-state index in [2.05, 4.69) is 5.32 Å². The summed E-state index contributed by atoms with van der Waals surface area (Å²) in [5.41, 5.74) is 0.129. The van der Waals surface area contributed by atoms with Crippen molar-refractivity contribution in [1.29, 1.82) is 0 Å². The van der Waals surface area contributed by atoms with Crippen LogP contribution >= 0.6 is 23.2 Å². The van der Waals surface area contributed by atoms with Crippen LogP contribution in [0.5, 0.6) is 0 Å². The monoisotopic (exact) mass is 328 g/mol. The maximum atomic E-state index is 12.2. The number of carbonyl (C=O) groups excluding carboxylic acids is 1. The molecule has 1 heterocycles. The molecule has 1 aliphatic heterocycles. The molecule has 0 spiro atoms. The molecule has 21 heavy (non-hydrogen) atoms. The second-order valence-electron chi connectivity index (χ2n) is 6.05. The molecule has 2 fully saturated rings. The van der Waals surface area contributed by atoms with E-state index in [9.17, 15) is 9.90 Å². The van der Waals surface area contributed by atoms with Gasteiger partial charge in [0.15, 0.2) is 0 Å². The minimum Gasteiger partial charge on any atom is -0.386 e. The van der Waals surface area contributed by atoms with E-state index in [1.165, 1.54) is 0 Å². The van der Waals surface area contributed by atoms with Crippen LogP contribution < -0.4 is 5.32 Å². The highest BCUT2D eigenvalue weighted by Gasteiger charge is 2.53. The molecule has 6 heteroatoms. The zero-order chi connectivity index (χ0) is 15.2. The largest absolute Gasteiger partial charge is 0.386 e. The molecule has 114 valence electrons. The van der Waals surface area contributed by atoms with Gasteiger partial charge in [-0.25, -0.2) is 4.79 Å². The summed E-state index contributed by atoms with van der Waals surface area (Å²) in [5, 5.41) is 14.1. The van der Waals surface area contributed by atoms with Crippen molar-refractivity contribution in [3.63, 3.8) is 0 Å². The number of carbonyl (C=O) groups is 1. The topological polar surface area (TPSA) is 52.6 Å². The molecule has 2 amide bonds. The van der Waals surface area contributed by atoms with Gasteiger partial charge in [0.05, 0.1) is 29.2 Å². The molecule has 0 radical (unpaired) electrons. The number of rotatable bonds is 3. The van der Waals surface area contributed by atoms with Gasteiger partial charge in [0.2, 0.25) is 0 Å². The SMILES string of the molecule is C[C@H](NC(=O)N1CC(O)(C2CC2)C1)c1cccc(Cl)c1Cl. The smallest absolute Gasteiger partial charge is 0.318 e. The number of benzene rings is 1. The van der Waals surface area contributed by atoms with Crippen LogP contribution in [0.15, 0.2) is 18.2 Å². The molecule has 0 bridgehead atoms. The molecule has 1 aromatic carbocycles. The Morgan fingerprint density at radius 2 is 2.10 bits per heavy atom. The molecule has 1 aliphatic carbocycles. The molecule has 2 N–H and O–H groups in total. The average molecular weight is 329 g/mol. The minimum absolute atomic E-state index is 0.177. The molecule has 0 unspecified atom stereocenters. The Morgan fingerprint density at radius 3 is 2.71 bits per heavy atom. The zero-order valence-corrected chi connectivity index (χ0v) is 13.3. The van der Waals surface area contributed by atoms with Crippen molar-refractivity contribution in [2.24, 2.45) is 5.92 Å². The third kappa shape index (κ3) is 2.85. The van der Waals surface area contributed by atoms with Crippen molar-refractivity contribution in [3.8, 4) is 0 Å². The number of amides is 2. The van der Waals surface area contributed by atoms with Crippen LogP contribution in [0.3, 0.4) is 0 Å². The molecular formula is C15H18Cl2N2O2. The van der Waals surface area contributed by atoms with Gasteiger partial charge < -0.3 is 15.3 Å². The second-order valence-corrected chi connectivity index (χ2v) is 6.83. The van der Waals surface area contributed by atoms with Gasteiger partial charge in [-0.05, 0) is 37.3 Å². The third-order valence-electron chi connectivity index (χ3n) is 4.34. The van der Waals surface area contributed by atoms with Crippen LogP contribution in [0, 0.1) is 5.92 Å². The molecule has 1 saturated heterocycles. The van der Waals surface area contributed by atoms with E-state index in [-0.39, 0.29) is 12.1 Å². The number of nitrogens with zero attached hydrogens (tertiary/aromatic N) is 1. The molecule has 1 aromatic rings. The van der Waals surface area contributed by atoms with Gasteiger partial charge in [-0.15, -0.1) is 0 Å². The van der Waals surface area contributed by atoms with Crippen molar-refractivity contribution in [2.75, 3.05) is 13.1 Å². The molecule has 1 atom stereocenters. The fourth-order valence-corrected chi connectivity index (χ4v) is 3.32. The zero-order valence-electron chi connectivity index (χ0n) is 11.8. The highest BCUT2D eigenvalue weighted by molar-refractivity contribution is 6.42. The van der Waals surface area contributed by atoms with Gasteiger partial charge in [0.1, 0.15) is 5.60 Å². The van der Waals surface area contributed by atoms with E-state index in [4.69, 9.17) is 23.2 Å². The van der Waals surface area contributed by atoms with E-state index in [1.54, 1.807) is 11.0 Å². The summed E-state index contributed by atoms with van der Waals surface area (Å²) < 4.78 is 0. The van der Waals surface area contributed by atoms with Crippen LogP contribution in [0.4, 0.5) is 4.79 Å². The van der Waals surface area contributed by atoms with Gasteiger partial charge in [0.25, 0.3) is 0 Å². The first-order valence-electron chi connectivity index (χ1n) is 7.12. The van der Waals surface area contributed by atoms with Crippen LogP contribution in [0.2, 0.25) is 10.0 Å². The molecule has 3 rings (SSSR count). The Bertz CT molecular complexity index is 569. The van der Waals surface area contributed by atoms with Gasteiger partial charge in [-0.1, -0.05) is 35.3 Å². The lowest BCUT2D eigenvalue weighted by Crippen LogP contribution is -2.66. The molecular weight excluding hydrogens is 311 g/mol. The number of likely N-dealkylation sites (tertiary alicyclic amines) is 1. The van der Waals surface area contributed by atoms with Crippen molar-refractivity contribution < 1.29 is 9.90 Å². The lowest BCUT2D eigenvalue weighted by atomic mass is 9.89. The number of aliphatic hydroxyl groups is 1. The summed E-state index contributed by atoms with van der Waals surface area (Å²) in [6.07, 6.45) is 2.14. The minimum atomic E-state index is -0.658. The maximum absolute atomic E-state index is 12.2. The first-order valence-corrected chi connectivity index (χ1v) is 7.88. The summed E-state index contributed by atoms with van der Waals surface area (Å²) in [5.74, 6) is 0.376. The number of hydrogen-bond acceptors (Lipinski definition) is 2. The van der Waals surface area contributed by atoms with Crippen molar-refractivity contribution in [3.05, 3.63) is 33.8 Å². The number of urea groups is 1. The lowest BCUT2D eigenvalue weighted by molar-refractivity contribution is -0.0920. The van der Waals surface area contributed by atoms with Crippen molar-refractivity contribution in [2.45, 2.75) is 31.4 Å². The average Bonchev–Trinajstić information content (AvgIpc) is 3.22. The Hall–Kier alpha value is -0.970. The molecule has 0 aromatic heterocycles. The predicted molar refractivity (Wildman–Crippen MR) is 82.7 cm³/mol. The third-order valence-corrected chi connectivity index (χ3v) is 5.18. The Morgan fingerprint density at radius 1 is 1.43 bits per heavy atom. The Kier molecular flexibility index (Phi) is 3.80. The van der Waals surface area contributed by atoms with E-state index in [0.717, 1.165) is 18.4 Å². The molecule has 2 aliphatic rings. The standard InChI is InChI=1S/C15H18Cl2N2O2/c1-9(11-3-2-4-12(16)13(11)17)18-14(20)19-7-15(21,8-19)10-5-6-10/h2-4,9-10,21H,5-8H2,1H3,(H,18,20)/t9-/m0/s1. The van der Waals surface area contributed by atoms with Crippen LogP contribution in [-0.2, 0) is 0 Å². The normalized spacial score (nSPS) is 21.6. The van der Waals surface area contributed by atoms with Gasteiger partial charge in [0, 0.05) is 0 Å². The summed E-state index contributed by atoms with van der Waals surface area (Å²) in [7, 11) is 0. The maximum Gasteiger partial charge on any atom is 0.318 e.